The smallest absolute Gasteiger partial charge is 0.268 e. The Balaban J connectivity index is 0.673. The topological polar surface area (TPSA) is 491 Å². The van der Waals surface area contributed by atoms with Crippen LogP contribution >= 0.6 is 0 Å². The van der Waals surface area contributed by atoms with Crippen LogP contribution < -0.4 is 54.7 Å². The summed E-state index contributed by atoms with van der Waals surface area (Å²) < 4.78 is 17.5. The number of aliphatic hydroxyl groups excluding tert-OH is 4. The minimum atomic E-state index is -1.60. The van der Waals surface area contributed by atoms with Crippen molar-refractivity contribution in [2.24, 2.45) is 59.1 Å². The number of anilines is 6. The molecule has 6 heterocycles. The van der Waals surface area contributed by atoms with Crippen LogP contribution in [0.3, 0.4) is 0 Å². The summed E-state index contributed by atoms with van der Waals surface area (Å²) in [6, 6.07) is 24.1. The molecular formula is C107H117N19O19. The first-order valence-corrected chi connectivity index (χ1v) is 48.5. The molecule has 5 atom stereocenters. The van der Waals surface area contributed by atoms with Gasteiger partial charge in [0.15, 0.2) is 5.96 Å². The molecule has 0 bridgehead atoms. The fourth-order valence-corrected chi connectivity index (χ4v) is 19.7. The second-order valence-corrected chi connectivity index (χ2v) is 37.3. The maximum absolute atomic E-state index is 15.1. The molecule has 0 saturated carbocycles. The van der Waals surface area contributed by atoms with E-state index in [4.69, 9.17) is 25.4 Å². The Labute approximate surface area is 836 Å². The monoisotopic (exact) mass is 1970 g/mol. The number of hydrogen-bond donors (Lipinski definition) is 7. The normalized spacial score (nSPS) is 16.0. The number of nitrogens with two attached hydrogens (primary N) is 1. The van der Waals surface area contributed by atoms with Crippen LogP contribution in [0, 0.1) is 23.2 Å². The van der Waals surface area contributed by atoms with Crippen molar-refractivity contribution >= 4 is 186 Å². The number of guanidine groups is 1. The van der Waals surface area contributed by atoms with E-state index in [-0.39, 0.29) is 184 Å². The molecule has 0 saturated heterocycles. The first-order chi connectivity index (χ1) is 69.5. The lowest BCUT2D eigenvalue weighted by Gasteiger charge is -2.35. The number of unbranched alkanes of at least 4 members (excludes halogenated alkanes) is 3. The lowest BCUT2D eigenvalue weighted by atomic mass is 9.83. The van der Waals surface area contributed by atoms with E-state index < -0.39 is 125 Å². The van der Waals surface area contributed by atoms with E-state index in [1.54, 1.807) is 75.2 Å². The molecule has 6 aliphatic rings. The largest absolute Gasteiger partial charge is 0.496 e. The van der Waals surface area contributed by atoms with Gasteiger partial charge in [0, 0.05) is 107 Å². The molecule has 754 valence electrons. The van der Waals surface area contributed by atoms with Crippen LogP contribution in [-0.4, -0.2) is 250 Å². The summed E-state index contributed by atoms with van der Waals surface area (Å²) in [5, 5.41) is 82.2. The van der Waals surface area contributed by atoms with Crippen LogP contribution in [-0.2, 0) is 0 Å². The fraction of sp³-hybridized carbons (Fsp3) is 0.364. The van der Waals surface area contributed by atoms with E-state index in [1.807, 2.05) is 20.8 Å². The Morgan fingerprint density at radius 2 is 0.655 bits per heavy atom. The number of aliphatic imine (C=N–C) groups is 1. The molecule has 15 rings (SSSR count). The number of carbonyl (C=O) groups is 12. The SMILES string of the molecule is CCCCC(CC)CN1C(=O)c2cc(N(C)C)c3c4c(cc(OC)c(c24)C1=O)C(=O)N(c1ccc(/C=N\N=C(O)CC[C@H](N=C(O)[C@H](CCC(O)=N/N=C\c2ccc(N4C(=O)c5cc(OC)c6c7c(cc(N(C)C)c(c57)C4=O)C(=O)N(CC(CC)CCCC)C6=O)cc2)NC(=N)N)C(O)=N/N=C\c2ccc(N4C(=O)c5cc(OC)c6c7c(cc(N(C)C)c(c57)C4=O)C(=O)N(CC(CC)CCCC)C6=O)cc2)cc1)C3=O. The molecule has 0 spiro atoms. The van der Waals surface area contributed by atoms with E-state index in [0.717, 1.165) is 91.7 Å². The Morgan fingerprint density at radius 3 is 0.931 bits per heavy atom. The lowest BCUT2D eigenvalue weighted by Crippen LogP contribution is -2.45. The highest BCUT2D eigenvalue weighted by Crippen LogP contribution is 2.52. The minimum absolute atomic E-state index is 0.00517. The first-order valence-electron chi connectivity index (χ1n) is 48.5. The molecule has 8 N–H and O–H groups in total. The number of amides is 12. The van der Waals surface area contributed by atoms with Gasteiger partial charge in [-0.1, -0.05) is 136 Å². The summed E-state index contributed by atoms with van der Waals surface area (Å²) in [7, 11) is 14.3. The Bertz CT molecular complexity index is 7080. The summed E-state index contributed by atoms with van der Waals surface area (Å²) in [6.45, 7) is 12.8. The predicted octanol–water partition coefficient (Wildman–Crippen LogP) is 16.2. The number of rotatable bonds is 43. The third-order valence-electron chi connectivity index (χ3n) is 27.6. The zero-order valence-electron chi connectivity index (χ0n) is 83.6. The van der Waals surface area contributed by atoms with E-state index >= 15 is 9.59 Å². The number of imide groups is 6. The molecule has 9 aromatic carbocycles. The Kier molecular flexibility index (Phi) is 30.6. The molecule has 9 aromatic rings. The van der Waals surface area contributed by atoms with Gasteiger partial charge < -0.3 is 60.4 Å². The summed E-state index contributed by atoms with van der Waals surface area (Å²) >= 11 is 0. The molecule has 38 heteroatoms. The first kappa shape index (κ1) is 103. The third-order valence-corrected chi connectivity index (χ3v) is 27.6. The van der Waals surface area contributed by atoms with Crippen LogP contribution in [0.2, 0.25) is 0 Å². The van der Waals surface area contributed by atoms with Crippen molar-refractivity contribution < 1.29 is 92.2 Å². The Morgan fingerprint density at radius 1 is 0.372 bits per heavy atom. The van der Waals surface area contributed by atoms with Crippen molar-refractivity contribution in [3.63, 3.8) is 0 Å². The Hall–Kier alpha value is -16.4. The molecule has 6 aliphatic heterocycles. The molecular weight excluding hydrogens is 1860 g/mol. The van der Waals surface area contributed by atoms with E-state index in [0.29, 0.717) is 33.8 Å². The summed E-state index contributed by atoms with van der Waals surface area (Å²) in [5.41, 5.74) is 9.29. The zero-order valence-corrected chi connectivity index (χ0v) is 83.6. The summed E-state index contributed by atoms with van der Waals surface area (Å²) in [4.78, 5) is 193. The number of hydrogen-bond acceptors (Lipinski definition) is 26. The molecule has 0 aromatic heterocycles. The van der Waals surface area contributed by atoms with Crippen LogP contribution in [0.4, 0.5) is 34.1 Å². The maximum atomic E-state index is 15.1. The average molecular weight is 1970 g/mol. The van der Waals surface area contributed by atoms with Gasteiger partial charge in [-0.25, -0.2) is 19.7 Å². The number of carbonyl (C=O) groups excluding carboxylic acids is 12. The second kappa shape index (κ2) is 43.2. The van der Waals surface area contributed by atoms with E-state index in [9.17, 15) is 68.4 Å². The number of nitrogens with one attached hydrogen (secondary N) is 2. The van der Waals surface area contributed by atoms with Gasteiger partial charge in [0.25, 0.3) is 70.9 Å². The van der Waals surface area contributed by atoms with Gasteiger partial charge in [-0.2, -0.15) is 15.3 Å². The van der Waals surface area contributed by atoms with E-state index in [2.05, 4.69) is 61.7 Å². The quantitative estimate of drug-likeness (QED) is 0.00807. The van der Waals surface area contributed by atoms with Crippen LogP contribution in [0.5, 0.6) is 17.2 Å². The van der Waals surface area contributed by atoms with Crippen molar-refractivity contribution in [1.82, 2.24) is 20.0 Å². The van der Waals surface area contributed by atoms with Crippen molar-refractivity contribution in [3.05, 3.63) is 193 Å². The summed E-state index contributed by atoms with van der Waals surface area (Å²) in [5.74, 6) is -11.2. The number of aliphatic hydroxyl groups is 4. The van der Waals surface area contributed by atoms with Gasteiger partial charge in [-0.15, -0.1) is 15.3 Å². The van der Waals surface area contributed by atoms with Gasteiger partial charge in [0.2, 0.25) is 23.6 Å². The van der Waals surface area contributed by atoms with Crippen molar-refractivity contribution in [2.45, 2.75) is 156 Å². The number of methoxy groups -OCH3 is 3. The second-order valence-electron chi connectivity index (χ2n) is 37.3. The van der Waals surface area contributed by atoms with Gasteiger partial charge in [0.1, 0.15) is 29.3 Å². The van der Waals surface area contributed by atoms with Crippen molar-refractivity contribution in [1.29, 1.82) is 5.41 Å². The van der Waals surface area contributed by atoms with Crippen LogP contribution in [0.15, 0.2) is 145 Å². The molecule has 38 nitrogen and oxygen atoms in total. The molecule has 12 amide bonds. The van der Waals surface area contributed by atoms with Gasteiger partial charge in [-0.3, -0.25) is 77.6 Å². The number of ether oxygens (including phenoxy) is 3. The minimum Gasteiger partial charge on any atom is -0.496 e. The van der Waals surface area contributed by atoms with Gasteiger partial charge in [-0.05, 0) is 139 Å². The van der Waals surface area contributed by atoms with E-state index in [1.165, 1.54) is 146 Å². The van der Waals surface area contributed by atoms with Gasteiger partial charge in [0.05, 0.1) is 141 Å². The highest BCUT2D eigenvalue weighted by molar-refractivity contribution is 6.45. The number of benzene rings is 9. The molecule has 145 heavy (non-hydrogen) atoms. The van der Waals surface area contributed by atoms with Crippen molar-refractivity contribution in [3.8, 4) is 17.2 Å². The summed E-state index contributed by atoms with van der Waals surface area (Å²) in [6.07, 6.45) is 12.4. The molecule has 0 fully saturated rings. The highest BCUT2D eigenvalue weighted by Gasteiger charge is 2.50. The molecule has 0 radical (unpaired) electrons. The van der Waals surface area contributed by atoms with Gasteiger partial charge >= 0.3 is 0 Å². The lowest BCUT2D eigenvalue weighted by molar-refractivity contribution is 0.0563. The number of nitrogens with zero attached hydrogens (tertiary/aromatic N) is 16. The van der Waals surface area contributed by atoms with Crippen LogP contribution in [0.1, 0.15) is 285 Å². The average Bonchev–Trinajstić information content (AvgIpc) is 0.702. The fourth-order valence-electron chi connectivity index (χ4n) is 19.7. The maximum Gasteiger partial charge on any atom is 0.268 e. The van der Waals surface area contributed by atoms with Crippen molar-refractivity contribution in [2.75, 3.05) is 113 Å². The van der Waals surface area contributed by atoms with Crippen LogP contribution in [0.25, 0.3) is 32.3 Å². The standard InChI is InChI=1S/C107H117N19O19/c1-16-22-25-56(19-4)53-121-95(131)65-44-73(118(7)8)87-81-68(47-76(143-13)90(84(65)81)101(121)137)98(134)124(104(87)140)62-34-28-59(29-35-62)50-110-115-79(127)42-40-71(114-107(108)109)93(129)113-72(94(130)117-112-52-61-32-38-64(39-33-61)126-100(136)70-49-78(145-15)92-86-67(46-75(120(11)12)89(83(70)86)106(126)142)97(133)123(103(92)139)55-58(21-6)27-24-18-3)41-43-80(128)116-111-51-60-30-36-63(37-31-60)125-99(135)69-48-77(144-14)91-85-66(45-74(119(9)10)88(82(69)85)105(125)141)96(132)122(102(91)138)54-57(20-5)26-23-17-2/h28-39,44-52,56-58,71-72H,16-27,40-43,53-55H2,1-15H3,(H,113,129)(H,115,127)(H,116,128)(H,117,130)(H4,108,109,114)/b110-50-,111-51-,112-52-/t56?,57?,58?,71-,72-/m0/s1. The predicted molar refractivity (Wildman–Crippen MR) is 557 cm³/mol. The highest BCUT2D eigenvalue weighted by atomic mass is 16.5. The third kappa shape index (κ3) is 19.4. The molecule has 3 unspecified atom stereocenters. The zero-order chi connectivity index (χ0) is 104. The molecule has 0 aliphatic carbocycles.